The van der Waals surface area contributed by atoms with Gasteiger partial charge in [0.15, 0.2) is 0 Å². The summed E-state index contributed by atoms with van der Waals surface area (Å²) in [6.07, 6.45) is -0.159. The van der Waals surface area contributed by atoms with Gasteiger partial charge in [-0.2, -0.15) is 5.10 Å². The molecule has 100 valence electrons. The number of nitrogens with zero attached hydrogens (tertiary/aromatic N) is 3. The Balaban J connectivity index is 2.32. The van der Waals surface area contributed by atoms with E-state index in [0.29, 0.717) is 18.3 Å². The van der Waals surface area contributed by atoms with Crippen molar-refractivity contribution in [2.45, 2.75) is 20.3 Å². The van der Waals surface area contributed by atoms with Gasteiger partial charge < -0.3 is 9.84 Å². The molecule has 0 unspecified atom stereocenters. The van der Waals surface area contributed by atoms with Gasteiger partial charge in [-0.1, -0.05) is 0 Å². The first-order valence-corrected chi connectivity index (χ1v) is 5.97. The number of carboxylic acid groups (broad SMARTS) is 1. The van der Waals surface area contributed by atoms with Crippen molar-refractivity contribution in [3.63, 3.8) is 0 Å². The maximum absolute atomic E-state index is 10.8. The van der Waals surface area contributed by atoms with Crippen LogP contribution in [0.15, 0.2) is 24.3 Å². The molecule has 19 heavy (non-hydrogen) atoms. The zero-order chi connectivity index (χ0) is 13.8. The molecule has 2 aromatic rings. The fourth-order valence-electron chi connectivity index (χ4n) is 1.77. The molecular formula is C13H15N3O3. The lowest BCUT2D eigenvalue weighted by Gasteiger charge is -2.06. The van der Waals surface area contributed by atoms with Gasteiger partial charge in [0.1, 0.15) is 23.8 Å². The number of hydrogen-bond donors (Lipinski definition) is 1. The fourth-order valence-corrected chi connectivity index (χ4v) is 1.77. The highest BCUT2D eigenvalue weighted by molar-refractivity contribution is 5.69. The van der Waals surface area contributed by atoms with Gasteiger partial charge in [0.2, 0.25) is 0 Å². The van der Waals surface area contributed by atoms with Crippen molar-refractivity contribution >= 4 is 5.97 Å². The minimum Gasteiger partial charge on any atom is -0.494 e. The number of carbonyl (C=O) groups is 1. The predicted molar refractivity (Wildman–Crippen MR) is 68.6 cm³/mol. The highest BCUT2D eigenvalue weighted by atomic mass is 16.5. The molecule has 0 aliphatic rings. The standard InChI is InChI=1S/C13H15N3O3/c1-3-19-11-6-4-10(5-7-11)16-12(8-13(17)18)14-9(2)15-16/h4-7H,3,8H2,1-2H3,(H,17,18). The Morgan fingerprint density at radius 2 is 2.05 bits per heavy atom. The summed E-state index contributed by atoms with van der Waals surface area (Å²) in [5, 5.41) is 13.1. The predicted octanol–water partition coefficient (Wildman–Crippen LogP) is 1.60. The third kappa shape index (κ3) is 3.09. The molecule has 1 N–H and O–H groups in total. The Bertz CT molecular complexity index is 575. The number of carboxylic acids is 1. The number of hydrogen-bond acceptors (Lipinski definition) is 4. The lowest BCUT2D eigenvalue weighted by Crippen LogP contribution is -2.09. The summed E-state index contributed by atoms with van der Waals surface area (Å²) in [5.74, 6) is 0.793. The van der Waals surface area contributed by atoms with Gasteiger partial charge in [-0.3, -0.25) is 4.79 Å². The van der Waals surface area contributed by atoms with Crippen molar-refractivity contribution in [3.8, 4) is 11.4 Å². The molecule has 1 heterocycles. The van der Waals surface area contributed by atoms with Crippen LogP contribution in [0.3, 0.4) is 0 Å². The summed E-state index contributed by atoms with van der Waals surface area (Å²) in [6, 6.07) is 7.29. The van der Waals surface area contributed by atoms with E-state index in [2.05, 4.69) is 10.1 Å². The minimum absolute atomic E-state index is 0.159. The van der Waals surface area contributed by atoms with Crippen LogP contribution in [0.2, 0.25) is 0 Å². The number of rotatable bonds is 5. The van der Waals surface area contributed by atoms with Crippen LogP contribution in [0.5, 0.6) is 5.75 Å². The Kier molecular flexibility index (Phi) is 3.79. The van der Waals surface area contributed by atoms with E-state index in [1.54, 1.807) is 11.6 Å². The molecule has 0 saturated carbocycles. The third-order valence-corrected chi connectivity index (χ3v) is 2.48. The number of aryl methyl sites for hydroxylation is 1. The molecule has 2 rings (SSSR count). The number of benzene rings is 1. The fraction of sp³-hybridized carbons (Fsp3) is 0.308. The zero-order valence-electron chi connectivity index (χ0n) is 10.8. The maximum atomic E-state index is 10.8. The molecule has 0 atom stereocenters. The van der Waals surface area contributed by atoms with E-state index >= 15 is 0 Å². The van der Waals surface area contributed by atoms with Crippen molar-refractivity contribution < 1.29 is 14.6 Å². The van der Waals surface area contributed by atoms with Crippen molar-refractivity contribution in [3.05, 3.63) is 35.9 Å². The topological polar surface area (TPSA) is 77.2 Å². The second-order valence-corrected chi connectivity index (χ2v) is 3.98. The molecule has 0 aliphatic heterocycles. The third-order valence-electron chi connectivity index (χ3n) is 2.48. The van der Waals surface area contributed by atoms with Gasteiger partial charge >= 0.3 is 5.97 Å². The summed E-state index contributed by atoms with van der Waals surface area (Å²) in [6.45, 7) is 4.25. The van der Waals surface area contributed by atoms with Crippen LogP contribution >= 0.6 is 0 Å². The van der Waals surface area contributed by atoms with E-state index in [1.165, 1.54) is 0 Å². The molecule has 0 saturated heterocycles. The van der Waals surface area contributed by atoms with Crippen molar-refractivity contribution in [2.24, 2.45) is 0 Å². The Hall–Kier alpha value is -2.37. The second kappa shape index (κ2) is 5.51. The lowest BCUT2D eigenvalue weighted by molar-refractivity contribution is -0.136. The highest BCUT2D eigenvalue weighted by Crippen LogP contribution is 2.16. The number of ether oxygens (including phenoxy) is 1. The minimum atomic E-state index is -0.931. The van der Waals surface area contributed by atoms with Gasteiger partial charge in [-0.05, 0) is 38.1 Å². The van der Waals surface area contributed by atoms with Crippen molar-refractivity contribution in [1.82, 2.24) is 14.8 Å². The van der Waals surface area contributed by atoms with Gasteiger partial charge in [-0.25, -0.2) is 9.67 Å². The zero-order valence-corrected chi connectivity index (χ0v) is 10.8. The molecular weight excluding hydrogens is 246 g/mol. The van der Waals surface area contributed by atoms with Crippen molar-refractivity contribution in [2.75, 3.05) is 6.61 Å². The first-order valence-electron chi connectivity index (χ1n) is 5.97. The van der Waals surface area contributed by atoms with Gasteiger partial charge in [0.05, 0.1) is 12.3 Å². The van der Waals surface area contributed by atoms with Crippen LogP contribution in [-0.4, -0.2) is 32.4 Å². The SMILES string of the molecule is CCOc1ccc(-n2nc(C)nc2CC(=O)O)cc1. The summed E-state index contributed by atoms with van der Waals surface area (Å²) < 4.78 is 6.90. The van der Waals surface area contributed by atoms with Crippen LogP contribution in [0, 0.1) is 6.92 Å². The van der Waals surface area contributed by atoms with Crippen LogP contribution in [0.25, 0.3) is 5.69 Å². The van der Waals surface area contributed by atoms with Gasteiger partial charge in [0.25, 0.3) is 0 Å². The average Bonchev–Trinajstić information content (AvgIpc) is 2.71. The smallest absolute Gasteiger partial charge is 0.311 e. The van der Waals surface area contributed by atoms with E-state index < -0.39 is 5.97 Å². The molecule has 0 fully saturated rings. The number of aliphatic carboxylic acids is 1. The molecule has 6 nitrogen and oxygen atoms in total. The monoisotopic (exact) mass is 261 g/mol. The van der Waals surface area contributed by atoms with E-state index in [-0.39, 0.29) is 6.42 Å². The Labute approximate surface area is 110 Å². The van der Waals surface area contributed by atoms with E-state index in [1.807, 2.05) is 31.2 Å². The highest BCUT2D eigenvalue weighted by Gasteiger charge is 2.12. The van der Waals surface area contributed by atoms with Crippen LogP contribution in [0.1, 0.15) is 18.6 Å². The van der Waals surface area contributed by atoms with E-state index in [4.69, 9.17) is 9.84 Å². The molecule has 0 amide bonds. The summed E-state index contributed by atoms with van der Waals surface area (Å²) in [7, 11) is 0. The van der Waals surface area contributed by atoms with Gasteiger partial charge in [0, 0.05) is 0 Å². The quantitative estimate of drug-likeness (QED) is 0.884. The lowest BCUT2D eigenvalue weighted by atomic mass is 10.3. The van der Waals surface area contributed by atoms with Crippen molar-refractivity contribution in [1.29, 1.82) is 0 Å². The summed E-state index contributed by atoms with van der Waals surface area (Å²) >= 11 is 0. The molecule has 6 heteroatoms. The van der Waals surface area contributed by atoms with Crippen LogP contribution in [0.4, 0.5) is 0 Å². The van der Waals surface area contributed by atoms with E-state index in [9.17, 15) is 4.79 Å². The maximum Gasteiger partial charge on any atom is 0.311 e. The normalized spacial score (nSPS) is 10.4. The average molecular weight is 261 g/mol. The van der Waals surface area contributed by atoms with Crippen LogP contribution < -0.4 is 4.74 Å². The Morgan fingerprint density at radius 3 is 2.63 bits per heavy atom. The summed E-state index contributed by atoms with van der Waals surface area (Å²) in [4.78, 5) is 14.9. The largest absolute Gasteiger partial charge is 0.494 e. The summed E-state index contributed by atoms with van der Waals surface area (Å²) in [5.41, 5.74) is 0.764. The van der Waals surface area contributed by atoms with E-state index in [0.717, 1.165) is 11.4 Å². The molecule has 0 bridgehead atoms. The molecule has 0 spiro atoms. The molecule has 1 aromatic heterocycles. The Morgan fingerprint density at radius 1 is 1.37 bits per heavy atom. The first kappa shape index (κ1) is 13.1. The molecule has 1 aromatic carbocycles. The molecule has 0 aliphatic carbocycles. The first-order chi connectivity index (χ1) is 9.10. The van der Waals surface area contributed by atoms with Gasteiger partial charge in [-0.15, -0.1) is 0 Å². The number of aromatic nitrogens is 3. The second-order valence-electron chi connectivity index (χ2n) is 3.98. The van der Waals surface area contributed by atoms with Crippen LogP contribution in [-0.2, 0) is 11.2 Å². The molecule has 0 radical (unpaired) electrons.